The molecule has 1 aliphatic carbocycles. The van der Waals surface area contributed by atoms with E-state index in [0.717, 1.165) is 31.9 Å². The highest BCUT2D eigenvalue weighted by Crippen LogP contribution is 2.34. The van der Waals surface area contributed by atoms with Crippen molar-refractivity contribution in [3.8, 4) is 5.75 Å². The monoisotopic (exact) mass is 498 g/mol. The molecule has 2 aromatic rings. The van der Waals surface area contributed by atoms with Gasteiger partial charge in [-0.1, -0.05) is 18.2 Å². The summed E-state index contributed by atoms with van der Waals surface area (Å²) < 4.78 is 56.2. The maximum atomic E-state index is 13.2. The van der Waals surface area contributed by atoms with Crippen molar-refractivity contribution in [2.75, 3.05) is 30.3 Å². The van der Waals surface area contributed by atoms with Gasteiger partial charge in [0.25, 0.3) is 0 Å². The van der Waals surface area contributed by atoms with Gasteiger partial charge in [-0.15, -0.1) is 13.2 Å². The molecular formula is C22H26F4N6O3. The number of rotatable bonds is 8. The molecule has 1 aliphatic heterocycles. The molecule has 190 valence electrons. The lowest BCUT2D eigenvalue weighted by Gasteiger charge is -2.44. The van der Waals surface area contributed by atoms with E-state index in [9.17, 15) is 27.7 Å². The number of halogens is 4. The van der Waals surface area contributed by atoms with Crippen molar-refractivity contribution in [3.05, 3.63) is 46.1 Å². The summed E-state index contributed by atoms with van der Waals surface area (Å²) in [5.74, 6) is -0.404. The number of alkyl halides is 4. The minimum Gasteiger partial charge on any atom is -0.405 e. The van der Waals surface area contributed by atoms with Crippen LogP contribution in [0.5, 0.6) is 5.75 Å². The number of anilines is 2. The van der Waals surface area contributed by atoms with E-state index in [0.29, 0.717) is 25.7 Å². The zero-order chi connectivity index (χ0) is 25.2. The zero-order valence-corrected chi connectivity index (χ0v) is 18.8. The minimum atomic E-state index is -4.86. The highest BCUT2D eigenvalue weighted by atomic mass is 19.4. The third-order valence-corrected chi connectivity index (χ3v) is 6.50. The maximum Gasteiger partial charge on any atom is 0.573 e. The van der Waals surface area contributed by atoms with Crippen molar-refractivity contribution in [3.63, 3.8) is 0 Å². The van der Waals surface area contributed by atoms with Gasteiger partial charge < -0.3 is 15.4 Å². The molecule has 2 heterocycles. The van der Waals surface area contributed by atoms with Crippen molar-refractivity contribution in [2.45, 2.75) is 50.8 Å². The highest BCUT2D eigenvalue weighted by molar-refractivity contribution is 5.54. The molecule has 4 rings (SSSR count). The van der Waals surface area contributed by atoms with Crippen molar-refractivity contribution >= 4 is 17.5 Å². The first-order valence-electron chi connectivity index (χ1n) is 11.3. The molecule has 35 heavy (non-hydrogen) atoms. The third-order valence-electron chi connectivity index (χ3n) is 6.50. The number of nitrogens with two attached hydrogens (primary N) is 1. The number of aromatic nitrogens is 2. The first-order chi connectivity index (χ1) is 16.6. The third kappa shape index (κ3) is 6.27. The molecule has 2 N–H and O–H groups in total. The van der Waals surface area contributed by atoms with E-state index in [1.807, 2.05) is 0 Å². The number of nitrogen functional groups attached to an aromatic ring is 1. The molecule has 1 saturated heterocycles. The van der Waals surface area contributed by atoms with Crippen LogP contribution in [0.2, 0.25) is 0 Å². The first-order valence-corrected chi connectivity index (χ1v) is 11.3. The second kappa shape index (κ2) is 10.2. The quantitative estimate of drug-likeness (QED) is 0.329. The molecule has 13 heteroatoms. The summed E-state index contributed by atoms with van der Waals surface area (Å²) in [6.07, 6.45) is -1.15. The Morgan fingerprint density at radius 1 is 1.20 bits per heavy atom. The fourth-order valence-electron chi connectivity index (χ4n) is 4.71. The average molecular weight is 498 g/mol. The largest absolute Gasteiger partial charge is 0.573 e. The fraction of sp³-hybridized carbons (Fsp3) is 0.545. The SMILES string of the molecule is Nc1nc(N(Cc2ccccc2OC(F)(F)F)C[C@H]2CC[C@H](N3CC(F)C3)CC2)ncc1[N+](=O)[O-]. The van der Waals surface area contributed by atoms with E-state index < -0.39 is 23.1 Å². The van der Waals surface area contributed by atoms with Crippen LogP contribution < -0.4 is 15.4 Å². The highest BCUT2D eigenvalue weighted by Gasteiger charge is 2.35. The van der Waals surface area contributed by atoms with Gasteiger partial charge in [0.05, 0.1) is 4.92 Å². The molecule has 0 unspecified atom stereocenters. The second-order valence-corrected chi connectivity index (χ2v) is 8.96. The maximum absolute atomic E-state index is 13.2. The minimum absolute atomic E-state index is 0.0148. The van der Waals surface area contributed by atoms with Gasteiger partial charge in [0.15, 0.2) is 0 Å². The summed E-state index contributed by atoms with van der Waals surface area (Å²) in [6.45, 7) is 1.33. The van der Waals surface area contributed by atoms with Crippen molar-refractivity contribution in [2.24, 2.45) is 5.92 Å². The van der Waals surface area contributed by atoms with Crippen LogP contribution in [0.4, 0.5) is 35.0 Å². The van der Waals surface area contributed by atoms with Crippen LogP contribution in [0.25, 0.3) is 0 Å². The van der Waals surface area contributed by atoms with Crippen LogP contribution in [0.3, 0.4) is 0 Å². The van der Waals surface area contributed by atoms with Crippen LogP contribution in [0.15, 0.2) is 30.5 Å². The second-order valence-electron chi connectivity index (χ2n) is 8.96. The van der Waals surface area contributed by atoms with Crippen molar-refractivity contribution < 1.29 is 27.2 Å². The Bertz CT molecular complexity index is 1040. The molecular weight excluding hydrogens is 472 g/mol. The molecule has 0 amide bonds. The summed E-state index contributed by atoms with van der Waals surface area (Å²) in [5.41, 5.74) is 5.56. The normalized spacial score (nSPS) is 21.4. The Labute approximate surface area is 199 Å². The van der Waals surface area contributed by atoms with Crippen LogP contribution >= 0.6 is 0 Å². The summed E-state index contributed by atoms with van der Waals surface area (Å²) in [5, 5.41) is 11.1. The molecule has 1 saturated carbocycles. The number of ether oxygens (including phenoxy) is 1. The molecule has 2 fully saturated rings. The molecule has 1 aromatic heterocycles. The summed E-state index contributed by atoms with van der Waals surface area (Å²) in [6, 6.07) is 6.10. The van der Waals surface area contributed by atoms with Gasteiger partial charge in [-0.05, 0) is 37.7 Å². The zero-order valence-electron chi connectivity index (χ0n) is 18.8. The number of hydrogen-bond donors (Lipinski definition) is 1. The van der Waals surface area contributed by atoms with Gasteiger partial charge in [0.2, 0.25) is 11.8 Å². The smallest absolute Gasteiger partial charge is 0.405 e. The molecule has 0 radical (unpaired) electrons. The predicted octanol–water partition coefficient (Wildman–Crippen LogP) is 4.08. The Morgan fingerprint density at radius 3 is 2.49 bits per heavy atom. The van der Waals surface area contributed by atoms with E-state index in [4.69, 9.17) is 5.73 Å². The summed E-state index contributed by atoms with van der Waals surface area (Å²) in [7, 11) is 0. The number of likely N-dealkylation sites (tertiary alicyclic amines) is 1. The molecule has 0 bridgehead atoms. The standard InChI is InChI=1S/C22H26F4N6O3/c23-16-12-30(13-16)17-7-5-14(6-8-17)10-31(21-28-9-18(32(33)34)20(27)29-21)11-15-3-1-2-4-19(15)35-22(24,25)26/h1-4,9,14,16-17H,5-8,10-13H2,(H2,27,28,29)/t14-,17-. The van der Waals surface area contributed by atoms with Gasteiger partial charge in [-0.25, -0.2) is 9.37 Å². The van der Waals surface area contributed by atoms with Crippen molar-refractivity contribution in [1.82, 2.24) is 14.9 Å². The lowest BCUT2D eigenvalue weighted by atomic mass is 9.84. The molecule has 9 nitrogen and oxygen atoms in total. The summed E-state index contributed by atoms with van der Waals surface area (Å²) >= 11 is 0. The molecule has 2 aliphatic rings. The summed E-state index contributed by atoms with van der Waals surface area (Å²) in [4.78, 5) is 22.4. The van der Waals surface area contributed by atoms with Gasteiger partial charge in [-0.3, -0.25) is 15.0 Å². The molecule has 0 atom stereocenters. The Balaban J connectivity index is 1.53. The fourth-order valence-corrected chi connectivity index (χ4v) is 4.71. The number of nitro groups is 1. The van der Waals surface area contributed by atoms with E-state index in [1.54, 1.807) is 11.0 Å². The molecule has 1 aromatic carbocycles. The molecule has 0 spiro atoms. The Morgan fingerprint density at radius 2 is 1.89 bits per heavy atom. The number of nitrogens with zero attached hydrogens (tertiary/aromatic N) is 5. The van der Waals surface area contributed by atoms with Crippen molar-refractivity contribution in [1.29, 1.82) is 0 Å². The van der Waals surface area contributed by atoms with Gasteiger partial charge in [0, 0.05) is 37.8 Å². The Kier molecular flexibility index (Phi) is 7.24. The average Bonchev–Trinajstić information content (AvgIpc) is 2.77. The first kappa shape index (κ1) is 24.9. The van der Waals surface area contributed by atoms with E-state index >= 15 is 0 Å². The van der Waals surface area contributed by atoms with Gasteiger partial charge in [-0.2, -0.15) is 4.98 Å². The predicted molar refractivity (Wildman–Crippen MR) is 119 cm³/mol. The van der Waals surface area contributed by atoms with Gasteiger partial charge >= 0.3 is 12.0 Å². The van der Waals surface area contributed by atoms with Crippen LogP contribution in [-0.2, 0) is 6.54 Å². The Hall–Kier alpha value is -3.22. The van der Waals surface area contributed by atoms with Crippen LogP contribution in [-0.4, -0.2) is 58.0 Å². The van der Waals surface area contributed by atoms with Crippen LogP contribution in [0.1, 0.15) is 31.2 Å². The number of hydrogen-bond acceptors (Lipinski definition) is 8. The van der Waals surface area contributed by atoms with Crippen LogP contribution in [0, 0.1) is 16.0 Å². The van der Waals surface area contributed by atoms with E-state index in [-0.39, 0.29) is 35.5 Å². The lowest BCUT2D eigenvalue weighted by molar-refractivity contribution is -0.384. The van der Waals surface area contributed by atoms with Gasteiger partial charge in [0.1, 0.15) is 18.1 Å². The van der Waals surface area contributed by atoms with E-state index in [2.05, 4.69) is 19.6 Å². The topological polar surface area (TPSA) is 111 Å². The lowest BCUT2D eigenvalue weighted by Crippen LogP contribution is -2.54. The number of para-hydroxylation sites is 1. The van der Waals surface area contributed by atoms with E-state index in [1.165, 1.54) is 18.2 Å². The number of benzene rings is 1.